The van der Waals surface area contributed by atoms with Crippen LogP contribution in [0, 0.1) is 5.92 Å². The maximum Gasteiger partial charge on any atom is 0.0431 e. The molecule has 0 aliphatic carbocycles. The Morgan fingerprint density at radius 2 is 2.18 bits per heavy atom. The highest BCUT2D eigenvalue weighted by atomic mass is 15.2. The summed E-state index contributed by atoms with van der Waals surface area (Å²) in [6, 6.07) is 0.745. The summed E-state index contributed by atoms with van der Waals surface area (Å²) in [6.45, 7) is 6.81. The van der Waals surface area contributed by atoms with Crippen LogP contribution in [0.2, 0.25) is 0 Å². The van der Waals surface area contributed by atoms with Gasteiger partial charge in [-0.25, -0.2) is 0 Å². The number of fused-ring (bicyclic) bond motifs is 1. The molecular formula is C10H15N. The Hall–Kier alpha value is -0.720. The molecule has 0 aromatic rings. The fourth-order valence-corrected chi connectivity index (χ4v) is 2.17. The molecule has 2 aliphatic rings. The van der Waals surface area contributed by atoms with E-state index < -0.39 is 0 Å². The Balaban J connectivity index is 2.35. The average molecular weight is 149 g/mol. The molecule has 2 rings (SSSR count). The zero-order valence-electron chi connectivity index (χ0n) is 7.46. The molecule has 0 N–H and O–H groups in total. The standard InChI is InChI=1S/C10H15N/c1-7-8(2)10-5-4-6-11(10)9(7)3/h4,6,8,10H,5H2,1-3H3. The Morgan fingerprint density at radius 1 is 1.45 bits per heavy atom. The lowest BCUT2D eigenvalue weighted by molar-refractivity contribution is 0.348. The van der Waals surface area contributed by atoms with Gasteiger partial charge in [0.2, 0.25) is 0 Å². The van der Waals surface area contributed by atoms with Crippen LogP contribution in [0.15, 0.2) is 23.5 Å². The lowest BCUT2D eigenvalue weighted by atomic mass is 9.96. The Kier molecular flexibility index (Phi) is 1.35. The number of hydrogen-bond acceptors (Lipinski definition) is 1. The van der Waals surface area contributed by atoms with Crippen LogP contribution in [-0.4, -0.2) is 10.9 Å². The van der Waals surface area contributed by atoms with Crippen LogP contribution >= 0.6 is 0 Å². The Bertz CT molecular complexity index is 237. The second kappa shape index (κ2) is 2.13. The normalized spacial score (nSPS) is 35.4. The molecule has 1 nitrogen and oxygen atoms in total. The molecule has 2 heterocycles. The quantitative estimate of drug-likeness (QED) is 0.511. The Labute approximate surface area is 68.4 Å². The first-order valence-corrected chi connectivity index (χ1v) is 4.34. The summed E-state index contributed by atoms with van der Waals surface area (Å²) in [5.74, 6) is 0.755. The predicted octanol–water partition coefficient (Wildman–Crippen LogP) is 2.52. The van der Waals surface area contributed by atoms with Gasteiger partial charge in [-0.1, -0.05) is 13.0 Å². The van der Waals surface area contributed by atoms with Gasteiger partial charge in [0.1, 0.15) is 0 Å². The molecule has 2 atom stereocenters. The summed E-state index contributed by atoms with van der Waals surface area (Å²) < 4.78 is 0. The smallest absolute Gasteiger partial charge is 0.0431 e. The van der Waals surface area contributed by atoms with Gasteiger partial charge in [0.05, 0.1) is 0 Å². The van der Waals surface area contributed by atoms with Gasteiger partial charge in [-0.05, 0) is 31.8 Å². The average Bonchev–Trinajstić information content (AvgIpc) is 2.53. The van der Waals surface area contributed by atoms with Crippen LogP contribution < -0.4 is 0 Å². The minimum atomic E-state index is 0.745. The first-order chi connectivity index (χ1) is 5.22. The predicted molar refractivity (Wildman–Crippen MR) is 46.9 cm³/mol. The molecule has 0 aromatic carbocycles. The fraction of sp³-hybridized carbons (Fsp3) is 0.600. The zero-order valence-corrected chi connectivity index (χ0v) is 7.46. The van der Waals surface area contributed by atoms with Crippen LogP contribution in [0.4, 0.5) is 0 Å². The van der Waals surface area contributed by atoms with Crippen LogP contribution in [-0.2, 0) is 0 Å². The summed E-state index contributed by atoms with van der Waals surface area (Å²) in [5.41, 5.74) is 3.04. The first kappa shape index (κ1) is 6.96. The van der Waals surface area contributed by atoms with E-state index in [4.69, 9.17) is 0 Å². The van der Waals surface area contributed by atoms with Crippen molar-refractivity contribution in [3.63, 3.8) is 0 Å². The van der Waals surface area contributed by atoms with Gasteiger partial charge < -0.3 is 4.90 Å². The third kappa shape index (κ3) is 0.770. The molecule has 60 valence electrons. The van der Waals surface area contributed by atoms with E-state index >= 15 is 0 Å². The summed E-state index contributed by atoms with van der Waals surface area (Å²) >= 11 is 0. The minimum absolute atomic E-state index is 0.745. The van der Waals surface area contributed by atoms with E-state index in [0.717, 1.165) is 12.0 Å². The molecule has 0 aromatic heterocycles. The van der Waals surface area contributed by atoms with Gasteiger partial charge >= 0.3 is 0 Å². The molecule has 0 radical (unpaired) electrons. The lowest BCUT2D eigenvalue weighted by Crippen LogP contribution is -2.23. The van der Waals surface area contributed by atoms with E-state index in [1.807, 2.05) is 0 Å². The van der Waals surface area contributed by atoms with Gasteiger partial charge in [0.25, 0.3) is 0 Å². The maximum absolute atomic E-state index is 2.42. The number of hydrogen-bond donors (Lipinski definition) is 0. The lowest BCUT2D eigenvalue weighted by Gasteiger charge is -2.20. The molecule has 2 aliphatic heterocycles. The highest BCUT2D eigenvalue weighted by Gasteiger charge is 2.34. The monoisotopic (exact) mass is 149 g/mol. The molecule has 0 saturated carbocycles. The largest absolute Gasteiger partial charge is 0.348 e. The third-order valence-corrected chi connectivity index (χ3v) is 3.22. The van der Waals surface area contributed by atoms with Crippen molar-refractivity contribution in [2.45, 2.75) is 33.2 Å². The van der Waals surface area contributed by atoms with Crippen molar-refractivity contribution in [1.29, 1.82) is 0 Å². The first-order valence-electron chi connectivity index (χ1n) is 4.34. The van der Waals surface area contributed by atoms with E-state index in [2.05, 4.69) is 37.9 Å². The van der Waals surface area contributed by atoms with Crippen molar-refractivity contribution in [1.82, 2.24) is 4.90 Å². The topological polar surface area (TPSA) is 3.24 Å². The van der Waals surface area contributed by atoms with Crippen LogP contribution in [0.25, 0.3) is 0 Å². The van der Waals surface area contributed by atoms with Crippen LogP contribution in [0.1, 0.15) is 27.2 Å². The fourth-order valence-electron chi connectivity index (χ4n) is 2.17. The highest BCUT2D eigenvalue weighted by Crippen LogP contribution is 2.38. The molecule has 1 heteroatoms. The van der Waals surface area contributed by atoms with Crippen molar-refractivity contribution < 1.29 is 0 Å². The molecule has 0 fully saturated rings. The molecule has 2 unspecified atom stereocenters. The summed E-state index contributed by atoms with van der Waals surface area (Å²) in [4.78, 5) is 2.42. The molecule has 0 spiro atoms. The van der Waals surface area contributed by atoms with E-state index in [-0.39, 0.29) is 0 Å². The molecule has 0 saturated heterocycles. The van der Waals surface area contributed by atoms with Crippen molar-refractivity contribution >= 4 is 0 Å². The number of allylic oxidation sites excluding steroid dienone is 1. The van der Waals surface area contributed by atoms with Gasteiger partial charge in [-0.3, -0.25) is 0 Å². The number of nitrogens with zero attached hydrogens (tertiary/aromatic N) is 1. The van der Waals surface area contributed by atoms with Crippen LogP contribution in [0.5, 0.6) is 0 Å². The second-order valence-electron chi connectivity index (χ2n) is 3.65. The third-order valence-electron chi connectivity index (χ3n) is 3.22. The van der Waals surface area contributed by atoms with Gasteiger partial charge in [-0.15, -0.1) is 0 Å². The Morgan fingerprint density at radius 3 is 2.82 bits per heavy atom. The van der Waals surface area contributed by atoms with Gasteiger partial charge in [-0.2, -0.15) is 0 Å². The maximum atomic E-state index is 2.42. The molecule has 0 amide bonds. The van der Waals surface area contributed by atoms with Crippen molar-refractivity contribution in [2.24, 2.45) is 5.92 Å². The van der Waals surface area contributed by atoms with Gasteiger partial charge in [0.15, 0.2) is 0 Å². The van der Waals surface area contributed by atoms with Crippen molar-refractivity contribution in [3.8, 4) is 0 Å². The molecular weight excluding hydrogens is 134 g/mol. The molecule has 0 bridgehead atoms. The summed E-state index contributed by atoms with van der Waals surface area (Å²) in [7, 11) is 0. The summed E-state index contributed by atoms with van der Waals surface area (Å²) in [5, 5.41) is 0. The van der Waals surface area contributed by atoms with E-state index in [9.17, 15) is 0 Å². The zero-order chi connectivity index (χ0) is 8.01. The van der Waals surface area contributed by atoms with E-state index in [1.165, 1.54) is 12.1 Å². The molecule has 11 heavy (non-hydrogen) atoms. The van der Waals surface area contributed by atoms with E-state index in [1.54, 1.807) is 5.57 Å². The van der Waals surface area contributed by atoms with Crippen LogP contribution in [0.3, 0.4) is 0 Å². The SMILES string of the molecule is CC1=C(C)N2C=CCC2C1C. The van der Waals surface area contributed by atoms with Crippen molar-refractivity contribution in [3.05, 3.63) is 23.5 Å². The summed E-state index contributed by atoms with van der Waals surface area (Å²) in [6.07, 6.45) is 5.74. The van der Waals surface area contributed by atoms with Crippen molar-refractivity contribution in [2.75, 3.05) is 0 Å². The van der Waals surface area contributed by atoms with Gasteiger partial charge in [0, 0.05) is 17.9 Å². The van der Waals surface area contributed by atoms with E-state index in [0.29, 0.717) is 0 Å². The second-order valence-corrected chi connectivity index (χ2v) is 3.65. The highest BCUT2D eigenvalue weighted by molar-refractivity contribution is 5.27. The minimum Gasteiger partial charge on any atom is -0.348 e. The number of rotatable bonds is 0.